The molecule has 0 spiro atoms. The van der Waals surface area contributed by atoms with Crippen molar-refractivity contribution in [1.29, 1.82) is 0 Å². The summed E-state index contributed by atoms with van der Waals surface area (Å²) in [6, 6.07) is 5.69. The average molecular weight is 227 g/mol. The standard InChI is InChI=1S/C12H15ClO2/c1-8(2)11-5-4-10(13)7-9(11)3-6-12(14)15/h4-5,7-8H,3,6H2,1-2H3,(H,14,15). The quantitative estimate of drug-likeness (QED) is 0.854. The molecule has 3 heteroatoms. The molecule has 0 saturated heterocycles. The monoisotopic (exact) mass is 226 g/mol. The van der Waals surface area contributed by atoms with Gasteiger partial charge in [0.1, 0.15) is 0 Å². The maximum absolute atomic E-state index is 10.5. The molecule has 0 fully saturated rings. The zero-order valence-electron chi connectivity index (χ0n) is 8.96. The molecule has 0 radical (unpaired) electrons. The van der Waals surface area contributed by atoms with E-state index >= 15 is 0 Å². The maximum atomic E-state index is 10.5. The molecule has 1 aromatic rings. The third kappa shape index (κ3) is 3.56. The van der Waals surface area contributed by atoms with Gasteiger partial charge in [0, 0.05) is 11.4 Å². The summed E-state index contributed by atoms with van der Waals surface area (Å²) < 4.78 is 0. The SMILES string of the molecule is CC(C)c1ccc(Cl)cc1CCC(=O)O. The fourth-order valence-electron chi connectivity index (χ4n) is 1.60. The molecule has 0 aliphatic heterocycles. The third-order valence-electron chi connectivity index (χ3n) is 2.34. The van der Waals surface area contributed by atoms with Gasteiger partial charge in [-0.25, -0.2) is 0 Å². The van der Waals surface area contributed by atoms with Crippen LogP contribution < -0.4 is 0 Å². The summed E-state index contributed by atoms with van der Waals surface area (Å²) in [6.07, 6.45) is 0.698. The largest absolute Gasteiger partial charge is 0.481 e. The lowest BCUT2D eigenvalue weighted by molar-refractivity contribution is -0.136. The maximum Gasteiger partial charge on any atom is 0.303 e. The van der Waals surface area contributed by atoms with E-state index in [0.29, 0.717) is 17.4 Å². The van der Waals surface area contributed by atoms with E-state index in [1.54, 1.807) is 0 Å². The van der Waals surface area contributed by atoms with E-state index in [2.05, 4.69) is 13.8 Å². The zero-order chi connectivity index (χ0) is 11.4. The lowest BCUT2D eigenvalue weighted by Crippen LogP contribution is -2.01. The molecule has 0 amide bonds. The van der Waals surface area contributed by atoms with E-state index in [0.717, 1.165) is 5.56 Å². The molecule has 1 aromatic carbocycles. The molecular formula is C12H15ClO2. The van der Waals surface area contributed by atoms with Crippen LogP contribution in [0.2, 0.25) is 5.02 Å². The molecule has 15 heavy (non-hydrogen) atoms. The summed E-state index contributed by atoms with van der Waals surface area (Å²) in [7, 11) is 0. The number of benzene rings is 1. The highest BCUT2D eigenvalue weighted by molar-refractivity contribution is 6.30. The summed E-state index contributed by atoms with van der Waals surface area (Å²) in [5, 5.41) is 9.31. The first-order chi connectivity index (χ1) is 7.00. The predicted octanol–water partition coefficient (Wildman–Crippen LogP) is 3.48. The van der Waals surface area contributed by atoms with Gasteiger partial charge < -0.3 is 5.11 Å². The minimum atomic E-state index is -0.773. The fourth-order valence-corrected chi connectivity index (χ4v) is 1.79. The van der Waals surface area contributed by atoms with Gasteiger partial charge in [0.2, 0.25) is 0 Å². The molecule has 1 N–H and O–H groups in total. The van der Waals surface area contributed by atoms with Crippen molar-refractivity contribution in [2.45, 2.75) is 32.6 Å². The van der Waals surface area contributed by atoms with Crippen LogP contribution in [0, 0.1) is 0 Å². The fraction of sp³-hybridized carbons (Fsp3) is 0.417. The van der Waals surface area contributed by atoms with E-state index in [1.807, 2.05) is 18.2 Å². The van der Waals surface area contributed by atoms with E-state index in [4.69, 9.17) is 16.7 Å². The van der Waals surface area contributed by atoms with E-state index in [-0.39, 0.29) is 6.42 Å². The van der Waals surface area contributed by atoms with E-state index in [1.165, 1.54) is 5.56 Å². The first-order valence-corrected chi connectivity index (χ1v) is 5.38. The van der Waals surface area contributed by atoms with Crippen LogP contribution >= 0.6 is 11.6 Å². The zero-order valence-corrected chi connectivity index (χ0v) is 9.71. The summed E-state index contributed by atoms with van der Waals surface area (Å²) in [5.41, 5.74) is 2.22. The van der Waals surface area contributed by atoms with Gasteiger partial charge in [-0.3, -0.25) is 4.79 Å². The van der Waals surface area contributed by atoms with Crippen molar-refractivity contribution in [2.75, 3.05) is 0 Å². The lowest BCUT2D eigenvalue weighted by Gasteiger charge is -2.12. The molecule has 0 aromatic heterocycles. The molecule has 0 aliphatic rings. The molecule has 1 rings (SSSR count). The number of carboxylic acids is 1. The number of halogens is 1. The van der Waals surface area contributed by atoms with Gasteiger partial charge in [0.05, 0.1) is 0 Å². The van der Waals surface area contributed by atoms with Gasteiger partial charge >= 0.3 is 5.97 Å². The first-order valence-electron chi connectivity index (χ1n) is 5.01. The van der Waals surface area contributed by atoms with Crippen molar-refractivity contribution in [3.05, 3.63) is 34.3 Å². The van der Waals surface area contributed by atoms with Crippen LogP contribution in [0.5, 0.6) is 0 Å². The van der Waals surface area contributed by atoms with Crippen LogP contribution in [0.1, 0.15) is 37.3 Å². The van der Waals surface area contributed by atoms with Gasteiger partial charge in [-0.2, -0.15) is 0 Å². The Kier molecular flexibility index (Phi) is 4.15. The van der Waals surface area contributed by atoms with Gasteiger partial charge in [0.15, 0.2) is 0 Å². The Balaban J connectivity index is 2.91. The van der Waals surface area contributed by atoms with Crippen molar-refractivity contribution < 1.29 is 9.90 Å². The summed E-state index contributed by atoms with van der Waals surface area (Å²) in [6.45, 7) is 4.18. The van der Waals surface area contributed by atoms with Crippen LogP contribution in [0.15, 0.2) is 18.2 Å². The van der Waals surface area contributed by atoms with Crippen molar-refractivity contribution in [1.82, 2.24) is 0 Å². The molecule has 0 unspecified atom stereocenters. The van der Waals surface area contributed by atoms with Crippen molar-refractivity contribution in [2.24, 2.45) is 0 Å². The number of aliphatic carboxylic acids is 1. The second kappa shape index (κ2) is 5.17. The Hall–Kier alpha value is -1.02. The summed E-state index contributed by atoms with van der Waals surface area (Å²) >= 11 is 5.89. The minimum Gasteiger partial charge on any atom is -0.481 e. The Morgan fingerprint density at radius 2 is 2.13 bits per heavy atom. The second-order valence-electron chi connectivity index (χ2n) is 3.89. The molecule has 0 bridgehead atoms. The van der Waals surface area contributed by atoms with Crippen LogP contribution in [0.3, 0.4) is 0 Å². The second-order valence-corrected chi connectivity index (χ2v) is 4.33. The molecule has 2 nitrogen and oxygen atoms in total. The number of carboxylic acid groups (broad SMARTS) is 1. The molecule has 0 saturated carbocycles. The predicted molar refractivity (Wildman–Crippen MR) is 61.5 cm³/mol. The van der Waals surface area contributed by atoms with Gasteiger partial charge in [-0.1, -0.05) is 31.5 Å². The van der Waals surface area contributed by atoms with E-state index < -0.39 is 5.97 Å². The van der Waals surface area contributed by atoms with Gasteiger partial charge in [0.25, 0.3) is 0 Å². The number of hydrogen-bond donors (Lipinski definition) is 1. The third-order valence-corrected chi connectivity index (χ3v) is 2.57. The van der Waals surface area contributed by atoms with Crippen molar-refractivity contribution >= 4 is 17.6 Å². The smallest absolute Gasteiger partial charge is 0.303 e. The summed E-state index contributed by atoms with van der Waals surface area (Å²) in [4.78, 5) is 10.5. The average Bonchev–Trinajstić information content (AvgIpc) is 2.14. The summed E-state index contributed by atoms with van der Waals surface area (Å²) in [5.74, 6) is -0.379. The lowest BCUT2D eigenvalue weighted by atomic mass is 9.94. The highest BCUT2D eigenvalue weighted by atomic mass is 35.5. The minimum absolute atomic E-state index is 0.153. The van der Waals surface area contributed by atoms with Crippen LogP contribution in [0.25, 0.3) is 0 Å². The van der Waals surface area contributed by atoms with Gasteiger partial charge in [-0.05, 0) is 35.6 Å². The Morgan fingerprint density at radius 1 is 1.47 bits per heavy atom. The molecule has 82 valence electrons. The highest BCUT2D eigenvalue weighted by Crippen LogP contribution is 2.24. The molecule has 0 aliphatic carbocycles. The number of rotatable bonds is 4. The Bertz CT molecular complexity index is 359. The molecule has 0 atom stereocenters. The van der Waals surface area contributed by atoms with E-state index in [9.17, 15) is 4.79 Å². The highest BCUT2D eigenvalue weighted by Gasteiger charge is 2.08. The van der Waals surface area contributed by atoms with Crippen LogP contribution in [-0.2, 0) is 11.2 Å². The Labute approximate surface area is 94.9 Å². The first kappa shape index (κ1) is 12.1. The van der Waals surface area contributed by atoms with Crippen LogP contribution in [-0.4, -0.2) is 11.1 Å². The normalized spacial score (nSPS) is 10.7. The van der Waals surface area contributed by atoms with Crippen molar-refractivity contribution in [3.63, 3.8) is 0 Å². The number of aryl methyl sites for hydroxylation is 1. The molecular weight excluding hydrogens is 212 g/mol. The number of carbonyl (C=O) groups is 1. The van der Waals surface area contributed by atoms with Crippen molar-refractivity contribution in [3.8, 4) is 0 Å². The topological polar surface area (TPSA) is 37.3 Å². The number of hydrogen-bond acceptors (Lipinski definition) is 1. The van der Waals surface area contributed by atoms with Gasteiger partial charge in [-0.15, -0.1) is 0 Å². The Morgan fingerprint density at radius 3 is 2.67 bits per heavy atom. The van der Waals surface area contributed by atoms with Crippen LogP contribution in [0.4, 0.5) is 0 Å². The molecule has 0 heterocycles.